The van der Waals surface area contributed by atoms with E-state index in [1.54, 1.807) is 36.1 Å². The molecule has 1 aliphatic rings. The molecule has 8 nitrogen and oxygen atoms in total. The first kappa shape index (κ1) is 18.0. The fraction of sp³-hybridized carbons (Fsp3) is 0.562. The largest absolute Gasteiger partial charge is 0.450 e. The van der Waals surface area contributed by atoms with E-state index in [9.17, 15) is 9.59 Å². The van der Waals surface area contributed by atoms with Gasteiger partial charge in [0.2, 0.25) is 0 Å². The fourth-order valence-electron chi connectivity index (χ4n) is 2.42. The molecule has 1 fully saturated rings. The molecule has 2 amide bonds. The fourth-order valence-corrected chi connectivity index (χ4v) is 2.42. The Bertz CT molecular complexity index is 559. The Hall–Kier alpha value is -2.35. The molecule has 0 spiro atoms. The van der Waals surface area contributed by atoms with Gasteiger partial charge < -0.3 is 24.6 Å². The van der Waals surface area contributed by atoms with Gasteiger partial charge >= 0.3 is 6.09 Å². The zero-order chi connectivity index (χ0) is 17.4. The Kier molecular flexibility index (Phi) is 6.80. The van der Waals surface area contributed by atoms with Crippen molar-refractivity contribution in [3.8, 4) is 0 Å². The summed E-state index contributed by atoms with van der Waals surface area (Å²) in [5.74, 6) is -0.131. The van der Waals surface area contributed by atoms with Crippen LogP contribution in [0.3, 0.4) is 0 Å². The molecule has 2 heterocycles. The molecule has 1 N–H and O–H groups in total. The third-order valence-corrected chi connectivity index (χ3v) is 3.71. The van der Waals surface area contributed by atoms with E-state index in [4.69, 9.17) is 9.47 Å². The van der Waals surface area contributed by atoms with Crippen LogP contribution in [0.2, 0.25) is 0 Å². The first-order valence-corrected chi connectivity index (χ1v) is 8.05. The summed E-state index contributed by atoms with van der Waals surface area (Å²) in [7, 11) is 1.64. The number of aromatic nitrogens is 1. The average molecular weight is 336 g/mol. The van der Waals surface area contributed by atoms with Gasteiger partial charge in [-0.2, -0.15) is 0 Å². The molecule has 1 saturated heterocycles. The lowest BCUT2D eigenvalue weighted by Crippen LogP contribution is -2.50. The Morgan fingerprint density at radius 2 is 1.96 bits per heavy atom. The molecule has 0 saturated carbocycles. The molecule has 1 aromatic heterocycles. The van der Waals surface area contributed by atoms with E-state index in [2.05, 4.69) is 10.3 Å². The number of carbonyl (C=O) groups is 2. The van der Waals surface area contributed by atoms with Gasteiger partial charge in [-0.15, -0.1) is 0 Å². The number of ether oxygens (including phenoxy) is 2. The van der Waals surface area contributed by atoms with Crippen molar-refractivity contribution in [3.05, 3.63) is 24.0 Å². The van der Waals surface area contributed by atoms with E-state index >= 15 is 0 Å². The van der Waals surface area contributed by atoms with Crippen molar-refractivity contribution in [2.24, 2.45) is 0 Å². The number of carbonyl (C=O) groups excluding carboxylic acids is 2. The van der Waals surface area contributed by atoms with Crippen LogP contribution in [-0.2, 0) is 9.47 Å². The molecule has 8 heteroatoms. The number of nitrogens with one attached hydrogen (secondary N) is 1. The van der Waals surface area contributed by atoms with Crippen molar-refractivity contribution < 1.29 is 19.1 Å². The number of rotatable bonds is 6. The van der Waals surface area contributed by atoms with Crippen LogP contribution in [0.1, 0.15) is 17.4 Å². The molecule has 0 bridgehead atoms. The second-order valence-electron chi connectivity index (χ2n) is 5.33. The summed E-state index contributed by atoms with van der Waals surface area (Å²) < 4.78 is 9.96. The highest BCUT2D eigenvalue weighted by Crippen LogP contribution is 2.12. The van der Waals surface area contributed by atoms with Crippen molar-refractivity contribution in [1.82, 2.24) is 14.8 Å². The lowest BCUT2D eigenvalue weighted by Gasteiger charge is -2.33. The maximum Gasteiger partial charge on any atom is 0.409 e. The van der Waals surface area contributed by atoms with Crippen LogP contribution in [0, 0.1) is 0 Å². The molecular formula is C16H24N4O4. The maximum absolute atomic E-state index is 12.6. The topological polar surface area (TPSA) is 84.0 Å². The molecular weight excluding hydrogens is 312 g/mol. The minimum absolute atomic E-state index is 0.131. The first-order chi connectivity index (χ1) is 11.7. The molecule has 24 heavy (non-hydrogen) atoms. The van der Waals surface area contributed by atoms with E-state index in [-0.39, 0.29) is 12.0 Å². The van der Waals surface area contributed by atoms with E-state index in [0.29, 0.717) is 51.6 Å². The monoisotopic (exact) mass is 336 g/mol. The Balaban J connectivity index is 1.90. The van der Waals surface area contributed by atoms with Gasteiger partial charge in [0.1, 0.15) is 5.69 Å². The quantitative estimate of drug-likeness (QED) is 0.782. The van der Waals surface area contributed by atoms with Crippen LogP contribution in [0.15, 0.2) is 18.3 Å². The summed E-state index contributed by atoms with van der Waals surface area (Å²) in [5, 5.41) is 3.17. The summed E-state index contributed by atoms with van der Waals surface area (Å²) in [5.41, 5.74) is 1.22. The summed E-state index contributed by atoms with van der Waals surface area (Å²) in [4.78, 5) is 31.7. The molecule has 1 aromatic rings. The number of hydrogen-bond donors (Lipinski definition) is 1. The predicted molar refractivity (Wildman–Crippen MR) is 89.1 cm³/mol. The highest BCUT2D eigenvalue weighted by molar-refractivity contribution is 5.93. The molecule has 2 rings (SSSR count). The summed E-state index contributed by atoms with van der Waals surface area (Å²) in [6.07, 6.45) is 1.28. The van der Waals surface area contributed by atoms with Gasteiger partial charge in [0.15, 0.2) is 0 Å². The predicted octanol–water partition coefficient (Wildman–Crippen LogP) is 1.05. The smallest absolute Gasteiger partial charge is 0.409 e. The third-order valence-electron chi connectivity index (χ3n) is 3.71. The van der Waals surface area contributed by atoms with Gasteiger partial charge in [-0.05, 0) is 19.1 Å². The number of methoxy groups -OCH3 is 1. The lowest BCUT2D eigenvalue weighted by atomic mass is 10.2. The number of anilines is 1. The van der Waals surface area contributed by atoms with Crippen LogP contribution < -0.4 is 5.32 Å². The molecule has 132 valence electrons. The lowest BCUT2D eigenvalue weighted by molar-refractivity contribution is 0.0566. The molecule has 0 unspecified atom stereocenters. The van der Waals surface area contributed by atoms with Crippen molar-refractivity contribution in [3.63, 3.8) is 0 Å². The van der Waals surface area contributed by atoms with E-state index in [1.165, 1.54) is 0 Å². The number of piperazine rings is 1. The van der Waals surface area contributed by atoms with E-state index in [1.807, 2.05) is 6.07 Å². The van der Waals surface area contributed by atoms with E-state index < -0.39 is 0 Å². The summed E-state index contributed by atoms with van der Waals surface area (Å²) >= 11 is 0. The van der Waals surface area contributed by atoms with Gasteiger partial charge in [-0.1, -0.05) is 0 Å². The number of nitrogens with zero attached hydrogens (tertiary/aromatic N) is 3. The van der Waals surface area contributed by atoms with E-state index in [0.717, 1.165) is 5.69 Å². The standard InChI is InChI=1S/C16H24N4O4/c1-3-24-16(22)20-9-7-19(8-10-20)15(21)14-12-13(4-5-18-14)17-6-11-23-2/h4-5,12H,3,6-11H2,1-2H3,(H,17,18). The zero-order valence-corrected chi connectivity index (χ0v) is 14.2. The van der Waals surface area contributed by atoms with Gasteiger partial charge in [-0.3, -0.25) is 9.78 Å². The highest BCUT2D eigenvalue weighted by atomic mass is 16.6. The van der Waals surface area contributed by atoms with Gasteiger partial charge in [0, 0.05) is 51.7 Å². The van der Waals surface area contributed by atoms with Crippen LogP contribution in [0.25, 0.3) is 0 Å². The molecule has 0 aromatic carbocycles. The SMILES string of the molecule is CCOC(=O)N1CCN(C(=O)c2cc(NCCOC)ccn2)CC1. The highest BCUT2D eigenvalue weighted by Gasteiger charge is 2.26. The minimum atomic E-state index is -0.327. The van der Waals surface area contributed by atoms with Crippen LogP contribution in [0.4, 0.5) is 10.5 Å². The first-order valence-electron chi connectivity index (χ1n) is 8.05. The van der Waals surface area contributed by atoms with Gasteiger partial charge in [-0.25, -0.2) is 4.79 Å². The second kappa shape index (κ2) is 9.07. The van der Waals surface area contributed by atoms with Crippen molar-refractivity contribution in [2.75, 3.05) is 58.4 Å². The Labute approximate surface area is 141 Å². The van der Waals surface area contributed by atoms with Crippen molar-refractivity contribution in [1.29, 1.82) is 0 Å². The zero-order valence-electron chi connectivity index (χ0n) is 14.2. The second-order valence-corrected chi connectivity index (χ2v) is 5.33. The minimum Gasteiger partial charge on any atom is -0.450 e. The van der Waals surface area contributed by atoms with Crippen molar-refractivity contribution >= 4 is 17.7 Å². The molecule has 0 atom stereocenters. The summed E-state index contributed by atoms with van der Waals surface area (Å²) in [6, 6.07) is 3.54. The van der Waals surface area contributed by atoms with Gasteiger partial charge in [0.05, 0.1) is 13.2 Å². The Morgan fingerprint density at radius 3 is 2.62 bits per heavy atom. The van der Waals surface area contributed by atoms with Crippen molar-refractivity contribution in [2.45, 2.75) is 6.92 Å². The van der Waals surface area contributed by atoms with Gasteiger partial charge in [0.25, 0.3) is 5.91 Å². The molecule has 1 aliphatic heterocycles. The summed E-state index contributed by atoms with van der Waals surface area (Å²) in [6.45, 7) is 5.25. The number of hydrogen-bond acceptors (Lipinski definition) is 6. The average Bonchev–Trinajstić information content (AvgIpc) is 2.62. The molecule has 0 aliphatic carbocycles. The van der Waals surface area contributed by atoms with Crippen LogP contribution in [-0.4, -0.2) is 79.8 Å². The third kappa shape index (κ3) is 4.82. The normalized spacial score (nSPS) is 14.4. The Morgan fingerprint density at radius 1 is 1.25 bits per heavy atom. The van der Waals surface area contributed by atoms with Crippen LogP contribution >= 0.6 is 0 Å². The number of amides is 2. The number of pyridine rings is 1. The molecule has 0 radical (unpaired) electrons. The van der Waals surface area contributed by atoms with Crippen LogP contribution in [0.5, 0.6) is 0 Å². The maximum atomic E-state index is 12.6.